The quantitative estimate of drug-likeness (QED) is 0.123. The average molecular weight is 654 g/mol. The zero-order valence-electron chi connectivity index (χ0n) is 26.2. The third-order valence-corrected chi connectivity index (χ3v) is 7.48. The van der Waals surface area contributed by atoms with Crippen molar-refractivity contribution in [1.29, 1.82) is 5.26 Å². The number of carboxylic acids is 1. The van der Waals surface area contributed by atoms with E-state index in [2.05, 4.69) is 51.8 Å². The van der Waals surface area contributed by atoms with Crippen molar-refractivity contribution in [2.24, 2.45) is 0 Å². The van der Waals surface area contributed by atoms with E-state index in [0.29, 0.717) is 57.1 Å². The van der Waals surface area contributed by atoms with Crippen LogP contribution in [0.4, 0.5) is 23.5 Å². The topological polar surface area (TPSA) is 215 Å². The van der Waals surface area contributed by atoms with Gasteiger partial charge in [0.2, 0.25) is 23.7 Å². The number of nitrogens with one attached hydrogen (secondary N) is 3. The van der Waals surface area contributed by atoms with Gasteiger partial charge in [0.05, 0.1) is 18.2 Å². The molecule has 5 N–H and O–H groups in total. The lowest BCUT2D eigenvalue weighted by molar-refractivity contribution is -0.137. The molecule has 16 heteroatoms. The smallest absolute Gasteiger partial charge is 0.326 e. The minimum Gasteiger partial charge on any atom is -0.492 e. The number of aromatic nitrogens is 5. The Morgan fingerprint density at radius 1 is 0.979 bits per heavy atom. The molecule has 2 aromatic heterocycles. The number of hydrogen-bond donors (Lipinski definition) is 5. The van der Waals surface area contributed by atoms with Crippen molar-refractivity contribution < 1.29 is 24.5 Å². The van der Waals surface area contributed by atoms with Gasteiger partial charge in [0, 0.05) is 70.9 Å². The first-order valence-electron chi connectivity index (χ1n) is 15.2. The van der Waals surface area contributed by atoms with E-state index in [4.69, 9.17) is 10.00 Å². The van der Waals surface area contributed by atoms with Gasteiger partial charge in [-0.15, -0.1) is 0 Å². The maximum Gasteiger partial charge on any atom is 0.326 e. The number of piperazine rings is 1. The maximum absolute atomic E-state index is 12.8. The van der Waals surface area contributed by atoms with E-state index in [1.165, 1.54) is 12.4 Å². The van der Waals surface area contributed by atoms with Crippen molar-refractivity contribution in [2.75, 3.05) is 62.4 Å². The summed E-state index contributed by atoms with van der Waals surface area (Å²) in [5.74, 6) is -1.32. The van der Waals surface area contributed by atoms with E-state index in [1.807, 2.05) is 24.3 Å². The molecule has 2 aromatic carbocycles. The zero-order chi connectivity index (χ0) is 33.9. The lowest BCUT2D eigenvalue weighted by Gasteiger charge is -2.34. The summed E-state index contributed by atoms with van der Waals surface area (Å²) in [5, 5.41) is 38.1. The van der Waals surface area contributed by atoms with Crippen molar-refractivity contribution in [2.45, 2.75) is 19.0 Å². The van der Waals surface area contributed by atoms with E-state index in [1.54, 1.807) is 36.3 Å². The highest BCUT2D eigenvalue weighted by Gasteiger charge is 2.25. The fraction of sp³-hybridized carbons (Fsp3) is 0.312. The number of nitriles is 1. The summed E-state index contributed by atoms with van der Waals surface area (Å²) in [7, 11) is 1.58. The zero-order valence-corrected chi connectivity index (χ0v) is 26.2. The Hall–Kier alpha value is -5.92. The molecule has 16 nitrogen and oxygen atoms in total. The lowest BCUT2D eigenvalue weighted by Crippen LogP contribution is -2.48. The van der Waals surface area contributed by atoms with Crippen LogP contribution in [0.3, 0.4) is 0 Å². The van der Waals surface area contributed by atoms with Crippen LogP contribution < -0.4 is 16.0 Å². The molecule has 1 atom stereocenters. The van der Waals surface area contributed by atoms with Gasteiger partial charge in [0.1, 0.15) is 6.04 Å². The highest BCUT2D eigenvalue weighted by Crippen LogP contribution is 2.20. The number of aliphatic carboxylic acids is 1. The number of carbonyl (C=O) groups excluding carboxylic acids is 1. The van der Waals surface area contributed by atoms with Crippen LogP contribution in [0.5, 0.6) is 5.88 Å². The fourth-order valence-corrected chi connectivity index (χ4v) is 5.02. The molecule has 1 unspecified atom stereocenters. The van der Waals surface area contributed by atoms with Gasteiger partial charge in [-0.05, 0) is 35.4 Å². The molecule has 0 radical (unpaired) electrons. The number of anilines is 4. The second-order valence-corrected chi connectivity index (χ2v) is 10.9. The van der Waals surface area contributed by atoms with E-state index < -0.39 is 12.0 Å². The number of benzene rings is 2. The van der Waals surface area contributed by atoms with Gasteiger partial charge in [0.15, 0.2) is 5.69 Å². The van der Waals surface area contributed by atoms with Gasteiger partial charge >= 0.3 is 5.97 Å². The van der Waals surface area contributed by atoms with Crippen LogP contribution in [0.2, 0.25) is 0 Å². The molecule has 1 saturated heterocycles. The summed E-state index contributed by atoms with van der Waals surface area (Å²) in [6.45, 7) is 3.69. The minimum absolute atomic E-state index is 0.0525. The van der Waals surface area contributed by atoms with Gasteiger partial charge in [-0.3, -0.25) is 9.69 Å². The number of methoxy groups -OCH3 is 1. The number of ether oxygens (including phenoxy) is 1. The molecular weight excluding hydrogens is 618 g/mol. The molecule has 0 saturated carbocycles. The number of carbonyl (C=O) groups is 2. The molecule has 4 aromatic rings. The van der Waals surface area contributed by atoms with Crippen LogP contribution >= 0.6 is 0 Å². The van der Waals surface area contributed by atoms with Crippen LogP contribution in [-0.2, 0) is 22.5 Å². The summed E-state index contributed by atoms with van der Waals surface area (Å²) < 4.78 is 5.12. The number of rotatable bonds is 14. The first-order valence-corrected chi connectivity index (χ1v) is 15.2. The predicted octanol–water partition coefficient (Wildman–Crippen LogP) is 2.11. The third-order valence-electron chi connectivity index (χ3n) is 7.48. The number of amides is 1. The number of carboxylic acid groups (broad SMARTS) is 1. The van der Waals surface area contributed by atoms with Crippen molar-refractivity contribution in [1.82, 2.24) is 34.7 Å². The van der Waals surface area contributed by atoms with Gasteiger partial charge in [-0.2, -0.15) is 20.2 Å². The van der Waals surface area contributed by atoms with Crippen LogP contribution in [0.1, 0.15) is 27.2 Å². The molecular formula is C32H35N11O5. The van der Waals surface area contributed by atoms with E-state index in [0.717, 1.165) is 11.1 Å². The number of nitrogens with zero attached hydrogens (tertiary/aromatic N) is 8. The van der Waals surface area contributed by atoms with E-state index in [-0.39, 0.29) is 41.7 Å². The molecule has 1 aliphatic heterocycles. The van der Waals surface area contributed by atoms with Crippen molar-refractivity contribution in [3.8, 4) is 11.9 Å². The van der Waals surface area contributed by atoms with Crippen molar-refractivity contribution >= 4 is 35.4 Å². The molecule has 5 rings (SSSR count). The van der Waals surface area contributed by atoms with Crippen molar-refractivity contribution in [3.63, 3.8) is 0 Å². The molecule has 3 heterocycles. The summed E-state index contributed by atoms with van der Waals surface area (Å²) in [4.78, 5) is 49.8. The Morgan fingerprint density at radius 3 is 2.42 bits per heavy atom. The summed E-state index contributed by atoms with van der Waals surface area (Å²) in [6.07, 6.45) is 2.84. The van der Waals surface area contributed by atoms with E-state index in [9.17, 15) is 19.8 Å². The van der Waals surface area contributed by atoms with Crippen LogP contribution in [0.15, 0.2) is 60.9 Å². The van der Waals surface area contributed by atoms with Gasteiger partial charge in [-0.25, -0.2) is 14.8 Å². The molecule has 48 heavy (non-hydrogen) atoms. The van der Waals surface area contributed by atoms with Crippen molar-refractivity contribution in [3.05, 3.63) is 83.3 Å². The Balaban J connectivity index is 1.25. The molecule has 1 fully saturated rings. The molecule has 248 valence electrons. The molecule has 1 aliphatic rings. The average Bonchev–Trinajstić information content (AvgIpc) is 3.09. The Morgan fingerprint density at radius 2 is 1.71 bits per heavy atom. The molecule has 0 bridgehead atoms. The predicted molar refractivity (Wildman–Crippen MR) is 175 cm³/mol. The second kappa shape index (κ2) is 16.1. The highest BCUT2D eigenvalue weighted by atomic mass is 16.5. The van der Waals surface area contributed by atoms with E-state index >= 15 is 0 Å². The van der Waals surface area contributed by atoms with Gasteiger partial charge < -0.3 is 35.8 Å². The first-order chi connectivity index (χ1) is 23.3. The largest absolute Gasteiger partial charge is 0.492 e. The van der Waals surface area contributed by atoms with Crippen LogP contribution in [0.25, 0.3) is 0 Å². The summed E-state index contributed by atoms with van der Waals surface area (Å²) in [5.41, 5.74) is 2.90. The van der Waals surface area contributed by atoms with Gasteiger partial charge in [-0.1, -0.05) is 24.3 Å². The second-order valence-electron chi connectivity index (χ2n) is 10.9. The lowest BCUT2D eigenvalue weighted by atomic mass is 10.0. The SMILES string of the molecule is COCCNc1nc(Nc2cccc(CN3CCN(C(=O)c4nccnc4O)CC3)c2)nc(NC(Cc2ccc(C#N)cc2)C(=O)O)n1. The first kappa shape index (κ1) is 33.4. The fourth-order valence-electron chi connectivity index (χ4n) is 5.02. The normalized spacial score (nSPS) is 13.7. The number of hydrogen-bond acceptors (Lipinski definition) is 14. The summed E-state index contributed by atoms with van der Waals surface area (Å²) in [6, 6.07) is 15.4. The third kappa shape index (κ3) is 9.09. The molecule has 0 aliphatic carbocycles. The van der Waals surface area contributed by atoms with Gasteiger partial charge in [0.25, 0.3) is 5.91 Å². The molecule has 1 amide bonds. The molecule has 0 spiro atoms. The summed E-state index contributed by atoms with van der Waals surface area (Å²) >= 11 is 0. The Kier molecular flexibility index (Phi) is 11.2. The Bertz CT molecular complexity index is 1760. The highest BCUT2D eigenvalue weighted by molar-refractivity contribution is 5.94. The standard InChI is InChI=1S/C32H35N11O5/c1-48-16-11-36-30-39-31(41-32(40-30)38-25(29(46)47)18-21-5-7-22(19-33)8-6-21)37-24-4-2-3-23(17-24)20-42-12-14-43(15-13-42)28(45)26-27(44)35-10-9-34-26/h2-10,17,25H,11-16,18,20H2,1H3,(H,35,44)(H,46,47)(H3,36,37,38,39,40,41). The maximum atomic E-state index is 12.8. The van der Waals surface area contributed by atoms with Crippen LogP contribution in [-0.4, -0.2) is 109 Å². The number of aromatic hydroxyl groups is 1. The monoisotopic (exact) mass is 653 g/mol. The minimum atomic E-state index is -1.09. The van der Waals surface area contributed by atoms with Crippen LogP contribution in [0, 0.1) is 11.3 Å². The Labute approximate surface area is 276 Å².